The highest BCUT2D eigenvalue weighted by Crippen LogP contribution is 2.46. The lowest BCUT2D eigenvalue weighted by molar-refractivity contribution is -0.130. The molecule has 20 heavy (non-hydrogen) atoms. The van der Waals surface area contributed by atoms with Crippen LogP contribution < -0.4 is 5.69 Å². The van der Waals surface area contributed by atoms with Gasteiger partial charge in [-0.1, -0.05) is 13.5 Å². The summed E-state index contributed by atoms with van der Waals surface area (Å²) in [6, 6.07) is 1.40. The van der Waals surface area contributed by atoms with Crippen LogP contribution in [0.3, 0.4) is 0 Å². The maximum absolute atomic E-state index is 14.2. The smallest absolute Gasteiger partial charge is 0.350 e. The first kappa shape index (κ1) is 14.8. The van der Waals surface area contributed by atoms with Crippen LogP contribution in [-0.2, 0) is 4.74 Å². The van der Waals surface area contributed by atoms with Crippen molar-refractivity contribution in [3.05, 3.63) is 35.0 Å². The maximum atomic E-state index is 14.2. The molecule has 0 aliphatic carbocycles. The quantitative estimate of drug-likeness (QED) is 0.913. The van der Waals surface area contributed by atoms with Crippen molar-refractivity contribution in [3.63, 3.8) is 0 Å². The van der Waals surface area contributed by atoms with Crippen LogP contribution in [0.2, 0.25) is 0 Å². The average Bonchev–Trinajstić information content (AvgIpc) is 2.61. The second kappa shape index (κ2) is 5.06. The largest absolute Gasteiger partial charge is 0.391 e. The molecule has 0 aromatic carbocycles. The Hall–Kier alpha value is -1.60. The molecule has 0 bridgehead atoms. The minimum Gasteiger partial charge on any atom is -0.391 e. The number of halogens is 2. The van der Waals surface area contributed by atoms with Crippen molar-refractivity contribution in [2.45, 2.75) is 38.2 Å². The predicted octanol–water partition coefficient (Wildman–Crippen LogP) is 1.44. The first-order valence-corrected chi connectivity index (χ1v) is 6.22. The van der Waals surface area contributed by atoms with E-state index in [-0.39, 0.29) is 0 Å². The summed E-state index contributed by atoms with van der Waals surface area (Å²) in [5.74, 6) is -4.48. The summed E-state index contributed by atoms with van der Waals surface area (Å²) < 4.78 is 34.4. The van der Waals surface area contributed by atoms with Gasteiger partial charge in [0.2, 0.25) is 6.23 Å². The molecule has 7 heteroatoms. The van der Waals surface area contributed by atoms with E-state index in [0.29, 0.717) is 5.69 Å². The summed E-state index contributed by atoms with van der Waals surface area (Å²) in [5, 5.41) is 9.50. The topological polar surface area (TPSA) is 64.3 Å². The molecular weight excluding hydrogens is 270 g/mol. The van der Waals surface area contributed by atoms with Gasteiger partial charge in [-0.25, -0.2) is 13.6 Å². The monoisotopic (exact) mass is 286 g/mol. The number of nitrogens with zero attached hydrogens (tertiary/aromatic N) is 2. The van der Waals surface area contributed by atoms with Crippen molar-refractivity contribution in [2.75, 3.05) is 0 Å². The zero-order valence-electron chi connectivity index (χ0n) is 11.2. The minimum absolute atomic E-state index is 0.299. The van der Waals surface area contributed by atoms with E-state index >= 15 is 0 Å². The highest BCUT2D eigenvalue weighted by Gasteiger charge is 2.58. The molecule has 110 valence electrons. The molecule has 4 atom stereocenters. The van der Waals surface area contributed by atoms with Crippen LogP contribution in [0.15, 0.2) is 23.6 Å². The van der Waals surface area contributed by atoms with Crippen molar-refractivity contribution < 1.29 is 18.6 Å². The molecule has 0 amide bonds. The van der Waals surface area contributed by atoms with Crippen molar-refractivity contribution in [1.29, 1.82) is 0 Å². The fourth-order valence-corrected chi connectivity index (χ4v) is 2.30. The molecule has 0 radical (unpaired) electrons. The van der Waals surface area contributed by atoms with Gasteiger partial charge in [-0.05, 0) is 19.1 Å². The van der Waals surface area contributed by atoms with Gasteiger partial charge in [0.05, 0.1) is 23.8 Å². The Morgan fingerprint density at radius 3 is 2.75 bits per heavy atom. The van der Waals surface area contributed by atoms with Gasteiger partial charge in [0.25, 0.3) is 5.92 Å². The van der Waals surface area contributed by atoms with Gasteiger partial charge in [-0.15, -0.1) is 0 Å². The van der Waals surface area contributed by atoms with Crippen molar-refractivity contribution in [2.24, 2.45) is 5.92 Å². The van der Waals surface area contributed by atoms with Crippen LogP contribution in [-0.4, -0.2) is 32.8 Å². The van der Waals surface area contributed by atoms with Gasteiger partial charge < -0.3 is 9.84 Å². The molecule has 1 aromatic heterocycles. The van der Waals surface area contributed by atoms with Gasteiger partial charge in [-0.3, -0.25) is 4.57 Å². The first-order chi connectivity index (χ1) is 9.28. The Bertz CT molecular complexity index is 571. The maximum Gasteiger partial charge on any atom is 0.350 e. The van der Waals surface area contributed by atoms with E-state index in [2.05, 4.69) is 11.6 Å². The molecule has 1 aromatic rings. The van der Waals surface area contributed by atoms with E-state index in [9.17, 15) is 18.7 Å². The Morgan fingerprint density at radius 1 is 1.65 bits per heavy atom. The second-order valence-electron chi connectivity index (χ2n) is 4.90. The zero-order chi connectivity index (χ0) is 15.1. The molecule has 5 nitrogen and oxygen atoms in total. The second-order valence-corrected chi connectivity index (χ2v) is 4.90. The van der Waals surface area contributed by atoms with Crippen LogP contribution in [0.1, 0.15) is 25.8 Å². The fourth-order valence-electron chi connectivity index (χ4n) is 2.30. The molecule has 0 spiro atoms. The SMILES string of the molecule is C=Cc1ccn(C2OC(C(C)O)C(C)C2(F)F)c(=O)n1. The summed E-state index contributed by atoms with van der Waals surface area (Å²) in [6.45, 7) is 6.11. The summed E-state index contributed by atoms with van der Waals surface area (Å²) in [5.41, 5.74) is -0.543. The highest BCUT2D eigenvalue weighted by atomic mass is 19.3. The first-order valence-electron chi connectivity index (χ1n) is 6.22. The van der Waals surface area contributed by atoms with Crippen LogP contribution >= 0.6 is 0 Å². The molecule has 1 fully saturated rings. The lowest BCUT2D eigenvalue weighted by Crippen LogP contribution is -2.38. The number of aliphatic hydroxyl groups is 1. The van der Waals surface area contributed by atoms with Gasteiger partial charge >= 0.3 is 5.69 Å². The molecule has 1 aliphatic rings. The Kier molecular flexibility index (Phi) is 3.75. The summed E-state index contributed by atoms with van der Waals surface area (Å²) in [7, 11) is 0. The Balaban J connectivity index is 2.42. The summed E-state index contributed by atoms with van der Waals surface area (Å²) in [6.07, 6.45) is -1.32. The lowest BCUT2D eigenvalue weighted by atomic mass is 9.96. The number of hydrogen-bond donors (Lipinski definition) is 1. The number of alkyl halides is 2. The molecule has 1 saturated heterocycles. The predicted molar refractivity (Wildman–Crippen MR) is 68.3 cm³/mol. The van der Waals surface area contributed by atoms with Crippen LogP contribution in [0, 0.1) is 5.92 Å². The van der Waals surface area contributed by atoms with E-state index < -0.39 is 36.0 Å². The van der Waals surface area contributed by atoms with E-state index in [1.807, 2.05) is 0 Å². The zero-order valence-corrected chi connectivity index (χ0v) is 11.2. The van der Waals surface area contributed by atoms with Crippen LogP contribution in [0.5, 0.6) is 0 Å². The molecule has 2 rings (SSSR count). The third kappa shape index (κ3) is 2.27. The van der Waals surface area contributed by atoms with E-state index in [0.717, 1.165) is 4.57 Å². The van der Waals surface area contributed by atoms with Crippen molar-refractivity contribution in [3.8, 4) is 0 Å². The van der Waals surface area contributed by atoms with Gasteiger partial charge in [-0.2, -0.15) is 4.98 Å². The minimum atomic E-state index is -3.27. The molecule has 2 heterocycles. The number of rotatable bonds is 3. The number of aromatic nitrogens is 2. The van der Waals surface area contributed by atoms with E-state index in [1.165, 1.54) is 32.2 Å². The standard InChI is InChI=1S/C13H16F2N2O3/c1-4-9-5-6-17(12(19)16-9)11-13(14,15)7(2)10(20-11)8(3)18/h4-8,10-11,18H,1H2,2-3H3. The number of ether oxygens (including phenoxy) is 1. The van der Waals surface area contributed by atoms with Gasteiger partial charge in [0.15, 0.2) is 0 Å². The molecule has 1 aliphatic heterocycles. The van der Waals surface area contributed by atoms with Gasteiger partial charge in [0.1, 0.15) is 0 Å². The third-order valence-corrected chi connectivity index (χ3v) is 3.50. The molecule has 4 unspecified atom stereocenters. The van der Waals surface area contributed by atoms with Gasteiger partial charge in [0, 0.05) is 6.20 Å². The van der Waals surface area contributed by atoms with E-state index in [4.69, 9.17) is 4.74 Å². The Labute approximate surface area is 114 Å². The van der Waals surface area contributed by atoms with Crippen LogP contribution in [0.25, 0.3) is 6.08 Å². The van der Waals surface area contributed by atoms with Crippen molar-refractivity contribution in [1.82, 2.24) is 9.55 Å². The fraction of sp³-hybridized carbons (Fsp3) is 0.538. The molecule has 1 N–H and O–H groups in total. The van der Waals surface area contributed by atoms with Crippen LogP contribution in [0.4, 0.5) is 8.78 Å². The van der Waals surface area contributed by atoms with Crippen molar-refractivity contribution >= 4 is 6.08 Å². The summed E-state index contributed by atoms with van der Waals surface area (Å²) >= 11 is 0. The molecule has 0 saturated carbocycles. The van der Waals surface area contributed by atoms with E-state index in [1.54, 1.807) is 0 Å². The Morgan fingerprint density at radius 2 is 2.30 bits per heavy atom. The number of aliphatic hydroxyl groups excluding tert-OH is 1. The normalized spacial score (nSPS) is 30.1. The third-order valence-electron chi connectivity index (χ3n) is 3.50. The summed E-state index contributed by atoms with van der Waals surface area (Å²) in [4.78, 5) is 15.4. The molecular formula is C13H16F2N2O3. The number of hydrogen-bond acceptors (Lipinski definition) is 4. The average molecular weight is 286 g/mol. The highest BCUT2D eigenvalue weighted by molar-refractivity contribution is 5.39. The lowest BCUT2D eigenvalue weighted by Gasteiger charge is -2.21.